The van der Waals surface area contributed by atoms with Gasteiger partial charge in [-0.1, -0.05) is 13.0 Å². The number of nitrogens with two attached hydrogens (primary N) is 1. The molecule has 0 spiro atoms. The third-order valence-electron chi connectivity index (χ3n) is 1.83. The molecule has 3 heteroatoms. The lowest BCUT2D eigenvalue weighted by atomic mass is 10.3. The van der Waals surface area contributed by atoms with E-state index >= 15 is 0 Å². The van der Waals surface area contributed by atoms with Crippen LogP contribution in [0.25, 0.3) is 0 Å². The average molecular weight is 196 g/mol. The molecule has 0 aliphatic rings. The van der Waals surface area contributed by atoms with E-state index in [2.05, 4.69) is 11.9 Å². The van der Waals surface area contributed by atoms with E-state index in [1.807, 2.05) is 36.2 Å². The van der Waals surface area contributed by atoms with Crippen molar-refractivity contribution in [2.24, 2.45) is 5.73 Å². The van der Waals surface area contributed by atoms with E-state index in [-0.39, 0.29) is 0 Å². The lowest BCUT2D eigenvalue weighted by Gasteiger charge is -2.06. The number of thioether (sulfide) groups is 1. The van der Waals surface area contributed by atoms with Crippen LogP contribution in [-0.2, 0) is 5.75 Å². The van der Waals surface area contributed by atoms with Gasteiger partial charge in [0, 0.05) is 23.7 Å². The molecule has 0 fully saturated rings. The monoisotopic (exact) mass is 196 g/mol. The Balaban J connectivity index is 2.20. The zero-order valence-electron chi connectivity index (χ0n) is 7.94. The van der Waals surface area contributed by atoms with Crippen molar-refractivity contribution in [1.82, 2.24) is 4.98 Å². The van der Waals surface area contributed by atoms with Crippen LogP contribution in [0.1, 0.15) is 19.0 Å². The van der Waals surface area contributed by atoms with Gasteiger partial charge in [0.15, 0.2) is 0 Å². The van der Waals surface area contributed by atoms with Gasteiger partial charge in [0.25, 0.3) is 0 Å². The Bertz CT molecular complexity index is 226. The normalized spacial score (nSPS) is 12.8. The largest absolute Gasteiger partial charge is 0.327 e. The molecule has 13 heavy (non-hydrogen) atoms. The first-order valence-electron chi connectivity index (χ1n) is 4.56. The lowest BCUT2D eigenvalue weighted by molar-refractivity contribution is 0.724. The van der Waals surface area contributed by atoms with Crippen molar-refractivity contribution in [2.75, 3.05) is 5.75 Å². The molecular formula is C10H16N2S. The molecule has 72 valence electrons. The van der Waals surface area contributed by atoms with E-state index in [1.54, 1.807) is 0 Å². The van der Waals surface area contributed by atoms with Crippen LogP contribution >= 0.6 is 11.8 Å². The molecule has 1 aromatic rings. The van der Waals surface area contributed by atoms with Crippen LogP contribution in [0.3, 0.4) is 0 Å². The molecule has 0 bridgehead atoms. The first kappa shape index (κ1) is 10.5. The first-order chi connectivity index (χ1) is 6.33. The molecular weight excluding hydrogens is 180 g/mol. The first-order valence-corrected chi connectivity index (χ1v) is 5.71. The highest BCUT2D eigenvalue weighted by molar-refractivity contribution is 7.98. The lowest BCUT2D eigenvalue weighted by Crippen LogP contribution is -2.21. The molecule has 1 aromatic heterocycles. The Morgan fingerprint density at radius 2 is 2.38 bits per heavy atom. The topological polar surface area (TPSA) is 38.9 Å². The number of nitrogens with zero attached hydrogens (tertiary/aromatic N) is 1. The van der Waals surface area contributed by atoms with Crippen LogP contribution in [0.4, 0.5) is 0 Å². The van der Waals surface area contributed by atoms with Crippen molar-refractivity contribution in [3.8, 4) is 0 Å². The Kier molecular flexibility index (Phi) is 4.86. The minimum atomic E-state index is 0.328. The van der Waals surface area contributed by atoms with Crippen LogP contribution in [0.5, 0.6) is 0 Å². The van der Waals surface area contributed by atoms with Gasteiger partial charge < -0.3 is 5.73 Å². The van der Waals surface area contributed by atoms with Gasteiger partial charge in [0.05, 0.1) is 5.69 Å². The maximum atomic E-state index is 5.80. The SMILES string of the molecule is CCC(N)CSCc1ccccn1. The summed E-state index contributed by atoms with van der Waals surface area (Å²) in [5.41, 5.74) is 6.93. The fourth-order valence-corrected chi connectivity index (χ4v) is 1.95. The van der Waals surface area contributed by atoms with Crippen molar-refractivity contribution in [2.45, 2.75) is 25.1 Å². The smallest absolute Gasteiger partial charge is 0.0502 e. The maximum Gasteiger partial charge on any atom is 0.0502 e. The average Bonchev–Trinajstić information content (AvgIpc) is 2.19. The van der Waals surface area contributed by atoms with E-state index in [4.69, 9.17) is 5.73 Å². The van der Waals surface area contributed by atoms with E-state index in [1.165, 1.54) is 0 Å². The quantitative estimate of drug-likeness (QED) is 0.783. The van der Waals surface area contributed by atoms with Crippen LogP contribution < -0.4 is 5.73 Å². The fraction of sp³-hybridized carbons (Fsp3) is 0.500. The number of pyridine rings is 1. The third-order valence-corrected chi connectivity index (χ3v) is 3.00. The Morgan fingerprint density at radius 1 is 1.54 bits per heavy atom. The zero-order chi connectivity index (χ0) is 9.52. The van der Waals surface area contributed by atoms with Crippen molar-refractivity contribution >= 4 is 11.8 Å². The van der Waals surface area contributed by atoms with Crippen molar-refractivity contribution in [3.63, 3.8) is 0 Å². The number of hydrogen-bond acceptors (Lipinski definition) is 3. The second-order valence-electron chi connectivity index (χ2n) is 3.00. The summed E-state index contributed by atoms with van der Waals surface area (Å²) in [7, 11) is 0. The molecule has 0 radical (unpaired) electrons. The second kappa shape index (κ2) is 6.00. The van der Waals surface area contributed by atoms with E-state index < -0.39 is 0 Å². The minimum absolute atomic E-state index is 0.328. The van der Waals surface area contributed by atoms with E-state index in [0.717, 1.165) is 23.6 Å². The third kappa shape index (κ3) is 4.29. The van der Waals surface area contributed by atoms with Gasteiger partial charge in [-0.25, -0.2) is 0 Å². The summed E-state index contributed by atoms with van der Waals surface area (Å²) in [6, 6.07) is 6.33. The highest BCUT2D eigenvalue weighted by atomic mass is 32.2. The van der Waals surface area contributed by atoms with Crippen molar-refractivity contribution < 1.29 is 0 Å². The van der Waals surface area contributed by atoms with Gasteiger partial charge in [0.2, 0.25) is 0 Å². The summed E-state index contributed by atoms with van der Waals surface area (Å²) in [5.74, 6) is 1.99. The summed E-state index contributed by atoms with van der Waals surface area (Å²) >= 11 is 1.85. The summed E-state index contributed by atoms with van der Waals surface area (Å²) in [6.45, 7) is 2.12. The number of aromatic nitrogens is 1. The molecule has 1 unspecified atom stereocenters. The van der Waals surface area contributed by atoms with Crippen molar-refractivity contribution in [1.29, 1.82) is 0 Å². The van der Waals surface area contributed by atoms with Gasteiger partial charge >= 0.3 is 0 Å². The molecule has 0 aliphatic heterocycles. The molecule has 0 saturated carbocycles. The Hall–Kier alpha value is -0.540. The fourth-order valence-electron chi connectivity index (χ4n) is 0.916. The number of rotatable bonds is 5. The van der Waals surface area contributed by atoms with Gasteiger partial charge in [-0.2, -0.15) is 11.8 Å². The van der Waals surface area contributed by atoms with E-state index in [0.29, 0.717) is 6.04 Å². The Morgan fingerprint density at radius 3 is 3.00 bits per heavy atom. The highest BCUT2D eigenvalue weighted by Crippen LogP contribution is 2.10. The summed E-state index contributed by atoms with van der Waals surface area (Å²) in [4.78, 5) is 4.24. The van der Waals surface area contributed by atoms with E-state index in [9.17, 15) is 0 Å². The molecule has 2 N–H and O–H groups in total. The molecule has 0 aliphatic carbocycles. The molecule has 2 nitrogen and oxygen atoms in total. The standard InChI is InChI=1S/C10H16N2S/c1-2-9(11)7-13-8-10-5-3-4-6-12-10/h3-6,9H,2,7-8,11H2,1H3. The highest BCUT2D eigenvalue weighted by Gasteiger charge is 1.99. The molecule has 0 amide bonds. The summed E-state index contributed by atoms with van der Waals surface area (Å²) in [6.07, 6.45) is 2.88. The van der Waals surface area contributed by atoms with Crippen LogP contribution in [0, 0.1) is 0 Å². The molecule has 1 heterocycles. The molecule has 1 atom stereocenters. The predicted molar refractivity (Wildman–Crippen MR) is 58.7 cm³/mol. The Labute approximate surface area is 83.9 Å². The molecule has 0 aromatic carbocycles. The van der Waals surface area contributed by atoms with Crippen LogP contribution in [0.15, 0.2) is 24.4 Å². The minimum Gasteiger partial charge on any atom is -0.327 e. The maximum absolute atomic E-state index is 5.80. The second-order valence-corrected chi connectivity index (χ2v) is 4.03. The van der Waals surface area contributed by atoms with Crippen molar-refractivity contribution in [3.05, 3.63) is 30.1 Å². The van der Waals surface area contributed by atoms with Crippen LogP contribution in [-0.4, -0.2) is 16.8 Å². The molecule has 1 rings (SSSR count). The van der Waals surface area contributed by atoms with Gasteiger partial charge in [-0.05, 0) is 18.6 Å². The van der Waals surface area contributed by atoms with Gasteiger partial charge in [-0.3, -0.25) is 4.98 Å². The number of hydrogen-bond donors (Lipinski definition) is 1. The predicted octanol–water partition coefficient (Wildman–Crippen LogP) is 2.05. The molecule has 0 saturated heterocycles. The van der Waals surface area contributed by atoms with Gasteiger partial charge in [-0.15, -0.1) is 0 Å². The zero-order valence-corrected chi connectivity index (χ0v) is 8.76. The summed E-state index contributed by atoms with van der Waals surface area (Å²) in [5, 5.41) is 0. The van der Waals surface area contributed by atoms with Crippen LogP contribution in [0.2, 0.25) is 0 Å². The summed E-state index contributed by atoms with van der Waals surface area (Å²) < 4.78 is 0. The van der Waals surface area contributed by atoms with Gasteiger partial charge in [0.1, 0.15) is 0 Å².